The molecular weight excluding hydrogens is 432 g/mol. The van der Waals surface area contributed by atoms with Crippen LogP contribution in [0.2, 0.25) is 0 Å². The van der Waals surface area contributed by atoms with Crippen LogP contribution in [0.15, 0.2) is 52.3 Å². The predicted octanol–water partition coefficient (Wildman–Crippen LogP) is 1.92. The molecule has 2 aromatic rings. The Kier molecular flexibility index (Phi) is 6.86. The summed E-state index contributed by atoms with van der Waals surface area (Å²) in [6.45, 7) is 3.48. The van der Waals surface area contributed by atoms with E-state index in [0.717, 1.165) is 0 Å². The summed E-state index contributed by atoms with van der Waals surface area (Å²) in [6, 6.07) is 9.79. The Morgan fingerprint density at radius 1 is 0.967 bits per heavy atom. The molecule has 1 fully saturated rings. The third-order valence-corrected chi connectivity index (χ3v) is 7.77. The van der Waals surface area contributed by atoms with Crippen LogP contribution < -0.4 is 14.2 Å². The van der Waals surface area contributed by atoms with Gasteiger partial charge in [0.2, 0.25) is 10.0 Å². The van der Waals surface area contributed by atoms with Gasteiger partial charge in [0, 0.05) is 19.2 Å². The molecule has 0 saturated carbocycles. The Balaban J connectivity index is 1.80. The fourth-order valence-corrected chi connectivity index (χ4v) is 5.40. The third kappa shape index (κ3) is 4.86. The van der Waals surface area contributed by atoms with Crippen molar-refractivity contribution < 1.29 is 31.0 Å². The number of anilines is 1. The van der Waals surface area contributed by atoms with E-state index in [1.54, 1.807) is 12.1 Å². The van der Waals surface area contributed by atoms with Gasteiger partial charge in [-0.2, -0.15) is 4.31 Å². The van der Waals surface area contributed by atoms with E-state index in [0.29, 0.717) is 37.0 Å². The summed E-state index contributed by atoms with van der Waals surface area (Å²) in [6.07, 6.45) is 0. The number of morpholine rings is 1. The third-order valence-electron chi connectivity index (χ3n) is 4.46. The molecule has 1 N–H and O–H groups in total. The molecule has 0 amide bonds. The molecule has 30 heavy (non-hydrogen) atoms. The zero-order valence-electron chi connectivity index (χ0n) is 16.7. The van der Waals surface area contributed by atoms with Gasteiger partial charge in [-0.1, -0.05) is 0 Å². The minimum absolute atomic E-state index is 0.0334. The second kappa shape index (κ2) is 9.21. The molecule has 1 heterocycles. The highest BCUT2D eigenvalue weighted by Crippen LogP contribution is 2.31. The summed E-state index contributed by atoms with van der Waals surface area (Å²) in [5, 5.41) is 0. The number of sulfonamides is 2. The first-order valence-electron chi connectivity index (χ1n) is 9.29. The number of benzene rings is 2. The fraction of sp³-hybridized carbons (Fsp3) is 0.368. The quantitative estimate of drug-likeness (QED) is 0.646. The lowest BCUT2D eigenvalue weighted by Gasteiger charge is -2.26. The zero-order chi connectivity index (χ0) is 21.8. The number of nitrogens with one attached hydrogen (secondary N) is 1. The lowest BCUT2D eigenvalue weighted by atomic mass is 10.3. The van der Waals surface area contributed by atoms with Crippen molar-refractivity contribution in [3.8, 4) is 11.5 Å². The van der Waals surface area contributed by atoms with Crippen molar-refractivity contribution in [3.63, 3.8) is 0 Å². The van der Waals surface area contributed by atoms with Crippen LogP contribution in [-0.4, -0.2) is 61.2 Å². The molecule has 9 nitrogen and oxygen atoms in total. The summed E-state index contributed by atoms with van der Waals surface area (Å²) in [5.74, 6) is 0.893. The van der Waals surface area contributed by atoms with E-state index >= 15 is 0 Å². The van der Waals surface area contributed by atoms with Crippen molar-refractivity contribution >= 4 is 25.7 Å². The second-order valence-electron chi connectivity index (χ2n) is 6.39. The number of ether oxygens (including phenoxy) is 3. The van der Waals surface area contributed by atoms with Gasteiger partial charge in [-0.05, 0) is 43.3 Å². The van der Waals surface area contributed by atoms with Gasteiger partial charge in [0.1, 0.15) is 0 Å². The molecule has 1 aliphatic rings. The molecule has 0 spiro atoms. The van der Waals surface area contributed by atoms with E-state index in [4.69, 9.17) is 14.2 Å². The van der Waals surface area contributed by atoms with Crippen LogP contribution in [0.3, 0.4) is 0 Å². The summed E-state index contributed by atoms with van der Waals surface area (Å²) in [7, 11) is -6.16. The number of hydrogen-bond donors (Lipinski definition) is 1. The second-order valence-corrected chi connectivity index (χ2v) is 10.0. The van der Waals surface area contributed by atoms with Crippen molar-refractivity contribution in [2.75, 3.05) is 44.7 Å². The largest absolute Gasteiger partial charge is 0.493 e. The molecule has 0 bridgehead atoms. The number of methoxy groups -OCH3 is 1. The first-order chi connectivity index (χ1) is 14.3. The Labute approximate surface area is 176 Å². The minimum Gasteiger partial charge on any atom is -0.493 e. The molecule has 0 unspecified atom stereocenters. The van der Waals surface area contributed by atoms with Gasteiger partial charge >= 0.3 is 0 Å². The van der Waals surface area contributed by atoms with Crippen molar-refractivity contribution in [3.05, 3.63) is 42.5 Å². The van der Waals surface area contributed by atoms with Gasteiger partial charge in [0.25, 0.3) is 10.0 Å². The standard InChI is InChI=1S/C19H24N2O7S2/c1-3-28-18-9-4-15(14-19(18)26-2)20-29(22,23)16-5-7-17(8-6-16)30(24,25)21-10-12-27-13-11-21/h4-9,14,20H,3,10-13H2,1-2H3. The fourth-order valence-electron chi connectivity index (χ4n) is 2.95. The Morgan fingerprint density at radius 2 is 1.60 bits per heavy atom. The molecule has 0 radical (unpaired) electrons. The van der Waals surface area contributed by atoms with Crippen LogP contribution in [-0.2, 0) is 24.8 Å². The van der Waals surface area contributed by atoms with E-state index in [9.17, 15) is 16.8 Å². The maximum atomic E-state index is 12.7. The molecule has 11 heteroatoms. The van der Waals surface area contributed by atoms with Gasteiger partial charge in [-0.15, -0.1) is 0 Å². The molecule has 2 aromatic carbocycles. The SMILES string of the molecule is CCOc1ccc(NS(=O)(=O)c2ccc(S(=O)(=O)N3CCOCC3)cc2)cc1OC. The summed E-state index contributed by atoms with van der Waals surface area (Å²) in [4.78, 5) is -0.0256. The number of hydrogen-bond acceptors (Lipinski definition) is 7. The van der Waals surface area contributed by atoms with Crippen LogP contribution in [0.25, 0.3) is 0 Å². The summed E-state index contributed by atoms with van der Waals surface area (Å²) in [5.41, 5.74) is 0.292. The van der Waals surface area contributed by atoms with E-state index in [-0.39, 0.29) is 22.9 Å². The molecule has 0 atom stereocenters. The van der Waals surface area contributed by atoms with Crippen molar-refractivity contribution in [2.45, 2.75) is 16.7 Å². The Bertz CT molecular complexity index is 1080. The Hall–Kier alpha value is -2.34. The van der Waals surface area contributed by atoms with Gasteiger partial charge < -0.3 is 14.2 Å². The van der Waals surface area contributed by atoms with Crippen LogP contribution in [0.5, 0.6) is 11.5 Å². The normalized spacial score (nSPS) is 15.5. The molecule has 1 saturated heterocycles. The lowest BCUT2D eigenvalue weighted by molar-refractivity contribution is 0.0730. The molecular formula is C19H24N2O7S2. The van der Waals surface area contributed by atoms with E-state index in [1.165, 1.54) is 41.7 Å². The predicted molar refractivity (Wildman–Crippen MR) is 111 cm³/mol. The Morgan fingerprint density at radius 3 is 2.20 bits per heavy atom. The molecule has 164 valence electrons. The molecule has 3 rings (SSSR count). The number of nitrogens with zero attached hydrogens (tertiary/aromatic N) is 1. The van der Waals surface area contributed by atoms with Crippen molar-refractivity contribution in [1.82, 2.24) is 4.31 Å². The zero-order valence-corrected chi connectivity index (χ0v) is 18.3. The van der Waals surface area contributed by atoms with Gasteiger partial charge in [-0.3, -0.25) is 4.72 Å². The molecule has 1 aliphatic heterocycles. The van der Waals surface area contributed by atoms with Gasteiger partial charge in [0.05, 0.1) is 42.4 Å². The van der Waals surface area contributed by atoms with Crippen LogP contribution in [0.4, 0.5) is 5.69 Å². The molecule has 0 aliphatic carbocycles. The first kappa shape index (κ1) is 22.3. The van der Waals surface area contributed by atoms with E-state index < -0.39 is 20.0 Å². The maximum absolute atomic E-state index is 12.7. The smallest absolute Gasteiger partial charge is 0.261 e. The van der Waals surface area contributed by atoms with Gasteiger partial charge in [-0.25, -0.2) is 16.8 Å². The monoisotopic (exact) mass is 456 g/mol. The summed E-state index contributed by atoms with van der Waals surface area (Å²) < 4.78 is 70.4. The van der Waals surface area contributed by atoms with E-state index in [2.05, 4.69) is 4.72 Å². The van der Waals surface area contributed by atoms with Crippen LogP contribution in [0, 0.1) is 0 Å². The van der Waals surface area contributed by atoms with Crippen LogP contribution in [0.1, 0.15) is 6.92 Å². The summed E-state index contributed by atoms with van der Waals surface area (Å²) >= 11 is 0. The average molecular weight is 457 g/mol. The van der Waals surface area contributed by atoms with E-state index in [1.807, 2.05) is 6.92 Å². The topological polar surface area (TPSA) is 111 Å². The molecule has 0 aromatic heterocycles. The lowest BCUT2D eigenvalue weighted by Crippen LogP contribution is -2.40. The highest BCUT2D eigenvalue weighted by molar-refractivity contribution is 7.92. The van der Waals surface area contributed by atoms with Gasteiger partial charge in [0.15, 0.2) is 11.5 Å². The first-order valence-corrected chi connectivity index (χ1v) is 12.2. The van der Waals surface area contributed by atoms with Crippen LogP contribution >= 0.6 is 0 Å². The van der Waals surface area contributed by atoms with Crippen molar-refractivity contribution in [1.29, 1.82) is 0 Å². The highest BCUT2D eigenvalue weighted by atomic mass is 32.2. The highest BCUT2D eigenvalue weighted by Gasteiger charge is 2.27. The maximum Gasteiger partial charge on any atom is 0.261 e. The van der Waals surface area contributed by atoms with Crippen molar-refractivity contribution in [2.24, 2.45) is 0 Å². The minimum atomic E-state index is -3.93. The number of rotatable bonds is 8. The average Bonchev–Trinajstić information content (AvgIpc) is 2.75.